The van der Waals surface area contributed by atoms with Gasteiger partial charge in [-0.3, -0.25) is 9.48 Å². The highest BCUT2D eigenvalue weighted by atomic mass is 32.2. The SMILES string of the molecule is CCn1cc(C2CC(C(=O)N3CCCCCC3)N(C)S(=O)(=O)N2)c(C)n1. The number of rotatable bonds is 3. The molecule has 3 heterocycles. The normalized spacial score (nSPS) is 27.3. The van der Waals surface area contributed by atoms with Crippen LogP contribution in [0.3, 0.4) is 0 Å². The van der Waals surface area contributed by atoms with Crippen LogP contribution in [-0.2, 0) is 21.5 Å². The summed E-state index contributed by atoms with van der Waals surface area (Å²) in [6.45, 7) is 6.01. The van der Waals surface area contributed by atoms with Crippen molar-refractivity contribution in [3.63, 3.8) is 0 Å². The fraction of sp³-hybridized carbons (Fsp3) is 0.765. The van der Waals surface area contributed by atoms with E-state index in [-0.39, 0.29) is 5.91 Å². The molecule has 0 bridgehead atoms. The molecule has 0 aromatic carbocycles. The molecule has 1 N–H and O–H groups in total. The van der Waals surface area contributed by atoms with Crippen LogP contribution in [0, 0.1) is 6.92 Å². The number of amides is 1. The first-order valence-corrected chi connectivity index (χ1v) is 10.9. The maximum absolute atomic E-state index is 13.1. The predicted molar refractivity (Wildman–Crippen MR) is 98.7 cm³/mol. The molecule has 0 spiro atoms. The van der Waals surface area contributed by atoms with Gasteiger partial charge in [0.05, 0.1) is 11.7 Å². The van der Waals surface area contributed by atoms with Gasteiger partial charge in [0.15, 0.2) is 0 Å². The number of nitrogens with one attached hydrogen (secondary N) is 1. The molecule has 2 atom stereocenters. The second-order valence-electron chi connectivity index (χ2n) is 7.21. The van der Waals surface area contributed by atoms with Gasteiger partial charge < -0.3 is 4.90 Å². The van der Waals surface area contributed by atoms with Crippen LogP contribution in [0.1, 0.15) is 56.3 Å². The van der Waals surface area contributed by atoms with E-state index in [1.54, 1.807) is 4.68 Å². The molecule has 2 unspecified atom stereocenters. The fourth-order valence-corrected chi connectivity index (χ4v) is 5.10. The highest BCUT2D eigenvalue weighted by Gasteiger charge is 2.42. The second kappa shape index (κ2) is 7.66. The van der Waals surface area contributed by atoms with Crippen molar-refractivity contribution in [2.24, 2.45) is 0 Å². The van der Waals surface area contributed by atoms with Crippen LogP contribution in [0.15, 0.2) is 6.20 Å². The van der Waals surface area contributed by atoms with Gasteiger partial charge in [0.25, 0.3) is 10.2 Å². The van der Waals surface area contributed by atoms with Gasteiger partial charge in [-0.1, -0.05) is 12.8 Å². The molecule has 3 rings (SSSR count). The molecule has 2 saturated heterocycles. The lowest BCUT2D eigenvalue weighted by molar-refractivity contribution is -0.135. The predicted octanol–water partition coefficient (Wildman–Crippen LogP) is 1.19. The summed E-state index contributed by atoms with van der Waals surface area (Å²) >= 11 is 0. The van der Waals surface area contributed by atoms with E-state index >= 15 is 0 Å². The quantitative estimate of drug-likeness (QED) is 0.849. The average Bonchev–Trinajstić information content (AvgIpc) is 2.81. The van der Waals surface area contributed by atoms with E-state index in [9.17, 15) is 13.2 Å². The summed E-state index contributed by atoms with van der Waals surface area (Å²) in [6, 6.07) is -1.11. The third kappa shape index (κ3) is 3.79. The molecule has 0 aliphatic carbocycles. The minimum atomic E-state index is -3.72. The lowest BCUT2D eigenvalue weighted by Gasteiger charge is -2.38. The van der Waals surface area contributed by atoms with Crippen molar-refractivity contribution in [1.82, 2.24) is 23.7 Å². The summed E-state index contributed by atoms with van der Waals surface area (Å²) in [7, 11) is -2.23. The van der Waals surface area contributed by atoms with E-state index in [1.165, 1.54) is 11.4 Å². The largest absolute Gasteiger partial charge is 0.341 e. The highest BCUT2D eigenvalue weighted by Crippen LogP contribution is 2.30. The van der Waals surface area contributed by atoms with E-state index in [0.29, 0.717) is 19.5 Å². The van der Waals surface area contributed by atoms with Gasteiger partial charge in [0.2, 0.25) is 5.91 Å². The zero-order valence-corrected chi connectivity index (χ0v) is 16.6. The molecule has 1 aromatic heterocycles. The van der Waals surface area contributed by atoms with Crippen molar-refractivity contribution in [2.75, 3.05) is 20.1 Å². The topological polar surface area (TPSA) is 87.5 Å². The minimum Gasteiger partial charge on any atom is -0.341 e. The first-order valence-electron chi connectivity index (χ1n) is 9.41. The molecule has 26 heavy (non-hydrogen) atoms. The zero-order chi connectivity index (χ0) is 18.9. The van der Waals surface area contributed by atoms with Crippen LogP contribution in [0.5, 0.6) is 0 Å². The first-order chi connectivity index (χ1) is 12.3. The monoisotopic (exact) mass is 383 g/mol. The number of carbonyl (C=O) groups excluding carboxylic acids is 1. The number of hydrogen-bond acceptors (Lipinski definition) is 4. The van der Waals surface area contributed by atoms with Crippen LogP contribution in [0.4, 0.5) is 0 Å². The summed E-state index contributed by atoms with van der Waals surface area (Å²) in [5.41, 5.74) is 1.64. The van der Waals surface area contributed by atoms with Crippen LogP contribution in [-0.4, -0.2) is 59.5 Å². The number of hydrogen-bond donors (Lipinski definition) is 1. The van der Waals surface area contributed by atoms with Gasteiger partial charge in [-0.2, -0.15) is 22.5 Å². The Morgan fingerprint density at radius 1 is 1.27 bits per heavy atom. The Balaban J connectivity index is 1.86. The molecule has 1 amide bonds. The standard InChI is InChI=1S/C17H29N5O3S/c1-4-22-12-14(13(2)18-22)15-11-16(20(3)26(24,25)19-15)17(23)21-9-7-5-6-8-10-21/h12,15-16,19H,4-11H2,1-3H3. The van der Waals surface area contributed by atoms with Crippen LogP contribution in [0.2, 0.25) is 0 Å². The van der Waals surface area contributed by atoms with Crippen LogP contribution >= 0.6 is 0 Å². The third-order valence-corrected chi connectivity index (χ3v) is 7.05. The maximum Gasteiger partial charge on any atom is 0.280 e. The average molecular weight is 384 g/mol. The Bertz CT molecular complexity index is 752. The molecule has 2 aliphatic rings. The number of likely N-dealkylation sites (N-methyl/N-ethyl adjacent to an activating group) is 1. The summed E-state index contributed by atoms with van der Waals surface area (Å²) in [6.07, 6.45) is 6.52. The van der Waals surface area contributed by atoms with Crippen LogP contribution in [0.25, 0.3) is 0 Å². The van der Waals surface area contributed by atoms with E-state index < -0.39 is 22.3 Å². The molecule has 146 valence electrons. The number of likely N-dealkylation sites (tertiary alicyclic amines) is 1. The van der Waals surface area contributed by atoms with Gasteiger partial charge in [0.1, 0.15) is 6.04 Å². The number of nitrogens with zero attached hydrogens (tertiary/aromatic N) is 4. The molecule has 2 aliphatic heterocycles. The van der Waals surface area contributed by atoms with E-state index in [0.717, 1.165) is 43.5 Å². The van der Waals surface area contributed by atoms with Crippen molar-refractivity contribution in [2.45, 2.75) is 64.6 Å². The number of carbonyl (C=O) groups is 1. The van der Waals surface area contributed by atoms with Gasteiger partial charge in [0, 0.05) is 38.4 Å². The maximum atomic E-state index is 13.1. The van der Waals surface area contributed by atoms with Crippen molar-refractivity contribution in [3.05, 3.63) is 17.5 Å². The Hall–Kier alpha value is -1.45. The molecule has 1 aromatic rings. The smallest absolute Gasteiger partial charge is 0.280 e. The second-order valence-corrected chi connectivity index (χ2v) is 8.97. The first kappa shape index (κ1) is 19.3. The fourth-order valence-electron chi connectivity index (χ4n) is 3.84. The minimum absolute atomic E-state index is 0.0787. The number of aromatic nitrogens is 2. The van der Waals surface area contributed by atoms with Crippen molar-refractivity contribution >= 4 is 16.1 Å². The molecule has 8 nitrogen and oxygen atoms in total. The molecule has 0 radical (unpaired) electrons. The van der Waals surface area contributed by atoms with Crippen LogP contribution < -0.4 is 4.72 Å². The zero-order valence-electron chi connectivity index (χ0n) is 15.8. The summed E-state index contributed by atoms with van der Waals surface area (Å²) in [5, 5.41) is 4.42. The molecule has 0 saturated carbocycles. The van der Waals surface area contributed by atoms with E-state index in [2.05, 4.69) is 9.82 Å². The number of aryl methyl sites for hydroxylation is 2. The lowest BCUT2D eigenvalue weighted by Crippen LogP contribution is -2.57. The van der Waals surface area contributed by atoms with Gasteiger partial charge >= 0.3 is 0 Å². The summed E-state index contributed by atoms with van der Waals surface area (Å²) < 4.78 is 31.0. The summed E-state index contributed by atoms with van der Waals surface area (Å²) in [5.74, 6) is -0.0787. The Morgan fingerprint density at radius 2 is 1.92 bits per heavy atom. The third-order valence-electron chi connectivity index (χ3n) is 5.45. The molecular weight excluding hydrogens is 354 g/mol. The van der Waals surface area contributed by atoms with Gasteiger partial charge in [-0.05, 0) is 33.1 Å². The molecular formula is C17H29N5O3S. The van der Waals surface area contributed by atoms with E-state index in [4.69, 9.17) is 0 Å². The van der Waals surface area contributed by atoms with Crippen molar-refractivity contribution < 1.29 is 13.2 Å². The van der Waals surface area contributed by atoms with Gasteiger partial charge in [-0.15, -0.1) is 0 Å². The Labute approximate surface area is 155 Å². The van der Waals surface area contributed by atoms with Crippen molar-refractivity contribution in [1.29, 1.82) is 0 Å². The van der Waals surface area contributed by atoms with Crippen molar-refractivity contribution in [3.8, 4) is 0 Å². The Kier molecular flexibility index (Phi) is 5.69. The molecule has 9 heteroatoms. The van der Waals surface area contributed by atoms with Gasteiger partial charge in [-0.25, -0.2) is 0 Å². The lowest BCUT2D eigenvalue weighted by atomic mass is 9.99. The summed E-state index contributed by atoms with van der Waals surface area (Å²) in [4.78, 5) is 14.9. The van der Waals surface area contributed by atoms with E-state index in [1.807, 2.05) is 24.9 Å². The Morgan fingerprint density at radius 3 is 2.50 bits per heavy atom. The highest BCUT2D eigenvalue weighted by molar-refractivity contribution is 7.87. The molecule has 2 fully saturated rings.